The molecule has 5 heteroatoms. The van der Waals surface area contributed by atoms with Gasteiger partial charge in [-0.2, -0.15) is 4.90 Å². The summed E-state index contributed by atoms with van der Waals surface area (Å²) in [5, 5.41) is 21.0. The van der Waals surface area contributed by atoms with E-state index in [1.165, 1.54) is 12.2 Å². The van der Waals surface area contributed by atoms with Gasteiger partial charge in [0, 0.05) is 18.4 Å². The van der Waals surface area contributed by atoms with Gasteiger partial charge in [0.25, 0.3) is 0 Å². The number of nitrogens with zero attached hydrogens (tertiary/aromatic N) is 1. The van der Waals surface area contributed by atoms with Gasteiger partial charge in [0.05, 0.1) is 5.69 Å². The van der Waals surface area contributed by atoms with Gasteiger partial charge in [-0.15, -0.1) is 0 Å². The molecule has 0 aromatic heterocycles. The lowest BCUT2D eigenvalue weighted by Crippen LogP contribution is -2.15. The molecule has 0 heterocycles. The topological polar surface area (TPSA) is 73.2 Å². The molecule has 0 spiro atoms. The Morgan fingerprint density at radius 3 is 2.22 bits per heavy atom. The number of hydrogen-bond acceptors (Lipinski definition) is 4. The Bertz CT molecular complexity index is 508. The van der Waals surface area contributed by atoms with Gasteiger partial charge in [0.1, 0.15) is 0 Å². The predicted octanol–water partition coefficient (Wildman–Crippen LogP) is 2.06. The van der Waals surface area contributed by atoms with E-state index in [2.05, 4.69) is 10.9 Å². The van der Waals surface area contributed by atoms with E-state index in [0.717, 1.165) is 11.3 Å². The molecule has 1 aromatic carbocycles. The summed E-state index contributed by atoms with van der Waals surface area (Å²) in [6.45, 7) is 0. The van der Waals surface area contributed by atoms with Crippen molar-refractivity contribution in [3.05, 3.63) is 76.8 Å². The average molecular weight is 242 g/mol. The normalized spacial score (nSPS) is 13.3. The van der Waals surface area contributed by atoms with Gasteiger partial charge in [0.15, 0.2) is 0 Å². The second-order valence-electron chi connectivity index (χ2n) is 3.63. The van der Waals surface area contributed by atoms with Gasteiger partial charge in [-0.25, -0.2) is 0 Å². The third-order valence-electron chi connectivity index (χ3n) is 2.33. The highest BCUT2D eigenvalue weighted by Crippen LogP contribution is 2.06. The van der Waals surface area contributed by atoms with Crippen molar-refractivity contribution in [1.29, 1.82) is 0 Å². The van der Waals surface area contributed by atoms with Crippen molar-refractivity contribution in [2.24, 2.45) is 0 Å². The molecule has 18 heavy (non-hydrogen) atoms. The van der Waals surface area contributed by atoms with Gasteiger partial charge >= 0.3 is 0 Å². The molecule has 1 aliphatic rings. The number of anilines is 1. The van der Waals surface area contributed by atoms with Crippen LogP contribution in [0.4, 0.5) is 5.69 Å². The highest BCUT2D eigenvalue weighted by molar-refractivity contribution is 6.02. The van der Waals surface area contributed by atoms with Gasteiger partial charge < -0.3 is 21.3 Å². The summed E-state index contributed by atoms with van der Waals surface area (Å²) in [5.41, 5.74) is 7.79. The Labute approximate surface area is 105 Å². The van der Waals surface area contributed by atoms with Crippen LogP contribution < -0.4 is 10.9 Å². The van der Waals surface area contributed by atoms with Gasteiger partial charge in [-0.1, -0.05) is 18.2 Å². The molecule has 0 unspecified atom stereocenters. The minimum Gasteiger partial charge on any atom is -0.612 e. The second-order valence-corrected chi connectivity index (χ2v) is 3.63. The standard InChI is InChI=1S/C13H12N3O2/c17-16(18)13-8-6-11(7-9-13)10-14-15-12-4-2-1-3-5-12/h1-10,14-15H/q-1. The summed E-state index contributed by atoms with van der Waals surface area (Å²) in [6, 6.07) is 9.64. The minimum atomic E-state index is -0.417. The number of benzene rings is 1. The summed E-state index contributed by atoms with van der Waals surface area (Å²) in [5.74, 6) is 0. The van der Waals surface area contributed by atoms with Crippen molar-refractivity contribution in [2.75, 3.05) is 5.43 Å². The molecule has 92 valence electrons. The number of hydrazine groups is 1. The highest BCUT2D eigenvalue weighted by Gasteiger charge is 2.01. The molecule has 0 aliphatic heterocycles. The third kappa shape index (κ3) is 3.15. The summed E-state index contributed by atoms with van der Waals surface area (Å²) < 4.78 is 0. The molecule has 0 bridgehead atoms. The quantitative estimate of drug-likeness (QED) is 0.628. The molecule has 0 radical (unpaired) electrons. The van der Waals surface area contributed by atoms with Crippen molar-refractivity contribution < 1.29 is 4.90 Å². The maximum Gasteiger partial charge on any atom is 0.222 e. The Balaban J connectivity index is 1.91. The number of para-hydroxylation sites is 1. The van der Waals surface area contributed by atoms with Crippen LogP contribution in [0, 0.1) is 10.4 Å². The molecular weight excluding hydrogens is 230 g/mol. The van der Waals surface area contributed by atoms with E-state index in [1.807, 2.05) is 30.3 Å². The zero-order chi connectivity index (χ0) is 12.8. The van der Waals surface area contributed by atoms with E-state index >= 15 is 0 Å². The first-order valence-electron chi connectivity index (χ1n) is 5.40. The molecule has 0 fully saturated rings. The predicted molar refractivity (Wildman–Crippen MR) is 71.6 cm³/mol. The van der Waals surface area contributed by atoms with Crippen molar-refractivity contribution >= 4 is 11.4 Å². The highest BCUT2D eigenvalue weighted by atomic mass is 16.8. The fraction of sp³-hybridized carbons (Fsp3) is 0. The Kier molecular flexibility index (Phi) is 3.66. The molecule has 2 rings (SSSR count). The molecule has 1 aliphatic carbocycles. The zero-order valence-corrected chi connectivity index (χ0v) is 9.54. The van der Waals surface area contributed by atoms with Crippen molar-refractivity contribution in [3.63, 3.8) is 0 Å². The fourth-order valence-corrected chi connectivity index (χ4v) is 1.42. The first-order chi connectivity index (χ1) is 8.75. The number of allylic oxidation sites excluding steroid dienone is 5. The zero-order valence-electron chi connectivity index (χ0n) is 9.54. The van der Waals surface area contributed by atoms with Crippen molar-refractivity contribution in [2.45, 2.75) is 0 Å². The first kappa shape index (κ1) is 11.8. The summed E-state index contributed by atoms with van der Waals surface area (Å²) in [4.78, 5) is -0.417. The molecule has 2 N–H and O–H groups in total. The van der Waals surface area contributed by atoms with E-state index in [4.69, 9.17) is 0 Å². The van der Waals surface area contributed by atoms with Crippen LogP contribution in [0.15, 0.2) is 66.4 Å². The molecular formula is C13H12N3O2-. The van der Waals surface area contributed by atoms with Crippen LogP contribution in [0.25, 0.3) is 0 Å². The molecule has 5 nitrogen and oxygen atoms in total. The maximum absolute atomic E-state index is 10.5. The molecule has 0 amide bonds. The van der Waals surface area contributed by atoms with Gasteiger partial charge in [-0.05, 0) is 29.9 Å². The van der Waals surface area contributed by atoms with Crippen LogP contribution in [0.1, 0.15) is 0 Å². The summed E-state index contributed by atoms with van der Waals surface area (Å²) >= 11 is 0. The third-order valence-corrected chi connectivity index (χ3v) is 2.33. The fourth-order valence-electron chi connectivity index (χ4n) is 1.42. The van der Waals surface area contributed by atoms with Crippen molar-refractivity contribution in [3.8, 4) is 0 Å². The SMILES string of the molecule is [O-][N+]([O-])=C1C=CC(=CNNc2ccccc2)C=C1. The van der Waals surface area contributed by atoms with Crippen LogP contribution in [0.5, 0.6) is 0 Å². The van der Waals surface area contributed by atoms with Crippen LogP contribution >= 0.6 is 0 Å². The number of hydrogen-bond donors (Lipinski definition) is 2. The Morgan fingerprint density at radius 1 is 0.944 bits per heavy atom. The maximum atomic E-state index is 10.5. The largest absolute Gasteiger partial charge is 0.612 e. The summed E-state index contributed by atoms with van der Waals surface area (Å²) in [7, 11) is 0. The lowest BCUT2D eigenvalue weighted by Gasteiger charge is -2.09. The van der Waals surface area contributed by atoms with E-state index in [0.29, 0.717) is 0 Å². The smallest absolute Gasteiger partial charge is 0.222 e. The van der Waals surface area contributed by atoms with Crippen LogP contribution in [0.3, 0.4) is 0 Å². The molecule has 0 saturated carbocycles. The monoisotopic (exact) mass is 242 g/mol. The number of nitrogens with one attached hydrogen (secondary N) is 2. The second kappa shape index (κ2) is 5.58. The van der Waals surface area contributed by atoms with E-state index in [-0.39, 0.29) is 5.71 Å². The van der Waals surface area contributed by atoms with Gasteiger partial charge in [0.2, 0.25) is 5.71 Å². The molecule has 0 atom stereocenters. The Morgan fingerprint density at radius 2 is 1.61 bits per heavy atom. The molecule has 0 saturated heterocycles. The first-order valence-corrected chi connectivity index (χ1v) is 5.40. The van der Waals surface area contributed by atoms with Crippen LogP contribution in [-0.2, 0) is 0 Å². The van der Waals surface area contributed by atoms with Gasteiger partial charge in [-0.3, -0.25) is 0 Å². The van der Waals surface area contributed by atoms with E-state index < -0.39 is 4.90 Å². The molecule has 1 aromatic rings. The van der Waals surface area contributed by atoms with Crippen LogP contribution in [0.2, 0.25) is 0 Å². The van der Waals surface area contributed by atoms with E-state index in [1.54, 1.807) is 18.4 Å². The minimum absolute atomic E-state index is 0.0863. The van der Waals surface area contributed by atoms with E-state index in [9.17, 15) is 10.4 Å². The average Bonchev–Trinajstić information content (AvgIpc) is 2.40. The van der Waals surface area contributed by atoms with Crippen molar-refractivity contribution in [1.82, 2.24) is 5.43 Å². The van der Waals surface area contributed by atoms with Crippen LogP contribution in [-0.4, -0.2) is 10.6 Å². The lowest BCUT2D eigenvalue weighted by molar-refractivity contribution is -0.377. The number of rotatable bonds is 3. The Hall–Kier alpha value is -2.69. The summed E-state index contributed by atoms with van der Waals surface area (Å²) in [6.07, 6.45) is 8.03. The lowest BCUT2D eigenvalue weighted by atomic mass is 10.1.